The van der Waals surface area contributed by atoms with E-state index >= 15 is 0 Å². The minimum Gasteiger partial charge on any atom is -0.359 e. The molecule has 2 heterocycles. The molecule has 2 bridgehead atoms. The van der Waals surface area contributed by atoms with E-state index < -0.39 is 0 Å². The van der Waals surface area contributed by atoms with Gasteiger partial charge in [-0.2, -0.15) is 0 Å². The Labute approximate surface area is 198 Å². The molecule has 0 N–H and O–H groups in total. The van der Waals surface area contributed by atoms with Gasteiger partial charge in [-0.3, -0.25) is 0 Å². The van der Waals surface area contributed by atoms with Gasteiger partial charge in [0.25, 0.3) is 0 Å². The second-order valence-corrected chi connectivity index (χ2v) is 12.2. The summed E-state index contributed by atoms with van der Waals surface area (Å²) in [6, 6.07) is 16.7. The first-order chi connectivity index (χ1) is 15.9. The van der Waals surface area contributed by atoms with Crippen LogP contribution < -0.4 is 0 Å². The third-order valence-corrected chi connectivity index (χ3v) is 10.6. The van der Waals surface area contributed by atoms with Gasteiger partial charge in [0.15, 0.2) is 0 Å². The van der Waals surface area contributed by atoms with Gasteiger partial charge in [-0.1, -0.05) is 61.5 Å². The van der Waals surface area contributed by atoms with Gasteiger partial charge in [0.05, 0.1) is 11.2 Å². The van der Waals surface area contributed by atoms with Gasteiger partial charge in [0.2, 0.25) is 0 Å². The molecule has 2 aromatic rings. The van der Waals surface area contributed by atoms with E-state index in [0.29, 0.717) is 17.9 Å². The van der Waals surface area contributed by atoms with Crippen LogP contribution in [0.5, 0.6) is 0 Å². The lowest BCUT2D eigenvalue weighted by molar-refractivity contribution is -0.139. The first-order valence-electron chi connectivity index (χ1n) is 13.2. The molecule has 0 radical (unpaired) electrons. The van der Waals surface area contributed by atoms with Crippen LogP contribution in [0.4, 0.5) is 0 Å². The summed E-state index contributed by atoms with van der Waals surface area (Å²) in [6.07, 6.45) is 15.1. The van der Waals surface area contributed by atoms with E-state index in [1.807, 2.05) is 0 Å². The summed E-state index contributed by atoms with van der Waals surface area (Å²) in [7, 11) is 4.50. The summed E-state index contributed by atoms with van der Waals surface area (Å²) in [5.41, 5.74) is 4.92. The van der Waals surface area contributed by atoms with E-state index in [9.17, 15) is 0 Å². The molecule has 2 nitrogen and oxygen atoms in total. The number of rotatable bonds is 2. The van der Waals surface area contributed by atoms with Gasteiger partial charge in [-0.15, -0.1) is 0 Å². The predicted molar refractivity (Wildman–Crippen MR) is 135 cm³/mol. The molecule has 172 valence electrons. The largest absolute Gasteiger partial charge is 0.359 e. The van der Waals surface area contributed by atoms with E-state index in [0.717, 1.165) is 0 Å². The maximum atomic E-state index is 7.43. The fourth-order valence-electron chi connectivity index (χ4n) is 8.80. The Bertz CT molecular complexity index is 1190. The Kier molecular flexibility index (Phi) is 4.24. The topological polar surface area (TPSA) is 12.5 Å². The molecule has 0 amide bonds. The van der Waals surface area contributed by atoms with Crippen LogP contribution in [0.2, 0.25) is 0 Å². The maximum absolute atomic E-state index is 7.43. The molecule has 2 aliphatic heterocycles. The summed E-state index contributed by atoms with van der Waals surface area (Å²) in [5, 5.41) is 2.73. The monoisotopic (exact) mass is 439 g/mol. The van der Waals surface area contributed by atoms with Crippen LogP contribution in [0, 0.1) is 11.3 Å². The lowest BCUT2D eigenvalue weighted by Gasteiger charge is -2.54. The summed E-state index contributed by atoms with van der Waals surface area (Å²) in [4.78, 5) is 2.43. The number of nitrogens with zero attached hydrogens (tertiary/aromatic N) is 1. The highest BCUT2D eigenvalue weighted by Gasteiger charge is 2.66. The number of allylic oxidation sites excluding steroid dienone is 1. The Hall–Kier alpha value is -1.90. The number of hydrogen-bond acceptors (Lipinski definition) is 2. The number of ether oxygens (including phenoxy) is 1. The molecule has 2 unspecified atom stereocenters. The van der Waals surface area contributed by atoms with Crippen molar-refractivity contribution >= 4 is 10.8 Å². The zero-order chi connectivity index (χ0) is 22.4. The predicted octanol–water partition coefficient (Wildman–Crippen LogP) is 7.01. The van der Waals surface area contributed by atoms with Crippen molar-refractivity contribution in [2.75, 3.05) is 14.1 Å². The van der Waals surface area contributed by atoms with E-state index in [2.05, 4.69) is 80.5 Å². The van der Waals surface area contributed by atoms with E-state index in [-0.39, 0.29) is 16.6 Å². The molecule has 0 aromatic heterocycles. The van der Waals surface area contributed by atoms with Crippen molar-refractivity contribution in [3.8, 4) is 0 Å². The van der Waals surface area contributed by atoms with E-state index in [1.165, 1.54) is 73.3 Å². The van der Waals surface area contributed by atoms with Gasteiger partial charge >= 0.3 is 0 Å². The van der Waals surface area contributed by atoms with Crippen LogP contribution in [-0.4, -0.2) is 36.2 Å². The van der Waals surface area contributed by atoms with Crippen LogP contribution in [0.15, 0.2) is 65.8 Å². The minimum atomic E-state index is -0.0453. The van der Waals surface area contributed by atoms with Crippen molar-refractivity contribution in [1.29, 1.82) is 0 Å². The Morgan fingerprint density at radius 1 is 0.970 bits per heavy atom. The second-order valence-electron chi connectivity index (χ2n) is 12.2. The van der Waals surface area contributed by atoms with Crippen molar-refractivity contribution in [3.05, 3.63) is 71.3 Å². The summed E-state index contributed by atoms with van der Waals surface area (Å²) in [5.74, 6) is 1.24. The van der Waals surface area contributed by atoms with Crippen molar-refractivity contribution in [2.45, 2.75) is 81.5 Å². The van der Waals surface area contributed by atoms with Gasteiger partial charge in [0, 0.05) is 6.04 Å². The summed E-state index contributed by atoms with van der Waals surface area (Å²) < 4.78 is 7.43. The zero-order valence-corrected chi connectivity index (χ0v) is 20.4. The van der Waals surface area contributed by atoms with Gasteiger partial charge in [-0.05, 0) is 110 Å². The van der Waals surface area contributed by atoms with Gasteiger partial charge in [-0.25, -0.2) is 0 Å². The molecule has 2 saturated carbocycles. The number of hydrogen-bond donors (Lipinski definition) is 0. The second kappa shape index (κ2) is 6.83. The highest BCUT2D eigenvalue weighted by atomic mass is 16.5. The van der Waals surface area contributed by atoms with Crippen molar-refractivity contribution in [3.63, 3.8) is 0 Å². The fourth-order valence-corrected chi connectivity index (χ4v) is 8.80. The normalized spacial score (nSPS) is 41.4. The highest BCUT2D eigenvalue weighted by Crippen LogP contribution is 2.69. The minimum absolute atomic E-state index is 0.00378. The first-order valence-corrected chi connectivity index (χ1v) is 13.2. The maximum Gasteiger partial charge on any atom is 0.0974 e. The van der Waals surface area contributed by atoms with Crippen molar-refractivity contribution in [2.24, 2.45) is 11.3 Å². The molecule has 5 aliphatic rings. The molecule has 3 fully saturated rings. The van der Waals surface area contributed by atoms with Crippen LogP contribution in [0.1, 0.15) is 69.8 Å². The fraction of sp³-hybridized carbons (Fsp3) is 0.548. The lowest BCUT2D eigenvalue weighted by Crippen LogP contribution is -2.55. The SMILES string of the molecule is CN(C)[C@H]1CCC2=CC3=CC[C@]4(C)C(c5ccc6ccccc6c5)CC[C@H]4C34CC[C@]2(C1)O4. The quantitative estimate of drug-likeness (QED) is 0.499. The molecular weight excluding hydrogens is 402 g/mol. The Morgan fingerprint density at radius 3 is 2.67 bits per heavy atom. The van der Waals surface area contributed by atoms with E-state index in [1.54, 1.807) is 5.57 Å². The number of fused-ring (bicyclic) bond motifs is 2. The molecule has 7 rings (SSSR count). The lowest BCUT2D eigenvalue weighted by atomic mass is 9.58. The average Bonchev–Trinajstić information content (AvgIpc) is 3.33. The number of benzene rings is 2. The van der Waals surface area contributed by atoms with Crippen molar-refractivity contribution < 1.29 is 4.74 Å². The van der Waals surface area contributed by atoms with Crippen LogP contribution in [-0.2, 0) is 4.74 Å². The third kappa shape index (κ3) is 2.68. The van der Waals surface area contributed by atoms with Crippen LogP contribution >= 0.6 is 0 Å². The van der Waals surface area contributed by atoms with Gasteiger partial charge in [0.1, 0.15) is 0 Å². The molecule has 6 atom stereocenters. The Morgan fingerprint density at radius 2 is 1.82 bits per heavy atom. The van der Waals surface area contributed by atoms with Crippen LogP contribution in [0.3, 0.4) is 0 Å². The molecule has 2 spiro atoms. The van der Waals surface area contributed by atoms with E-state index in [4.69, 9.17) is 4.74 Å². The smallest absolute Gasteiger partial charge is 0.0974 e. The van der Waals surface area contributed by atoms with Crippen molar-refractivity contribution in [1.82, 2.24) is 4.90 Å². The highest BCUT2D eigenvalue weighted by molar-refractivity contribution is 5.83. The standard InChI is InChI=1S/C31H37NO/c1-29-15-14-25-19-24-10-11-26(32(2)3)20-30(24)16-17-31(25,33-30)28(29)13-12-27(29)23-9-8-21-6-4-5-7-22(21)18-23/h4-9,14,18-19,26-28H,10-13,15-17,20H2,1-3H3/t26-,27?,28+,29+,30+,31?/m0/s1. The zero-order valence-electron chi connectivity index (χ0n) is 20.4. The molecule has 3 aliphatic carbocycles. The molecule has 2 aromatic carbocycles. The summed E-state index contributed by atoms with van der Waals surface area (Å²) >= 11 is 0. The third-order valence-electron chi connectivity index (χ3n) is 10.6. The molecular formula is C31H37NO. The van der Waals surface area contributed by atoms with Crippen LogP contribution in [0.25, 0.3) is 10.8 Å². The molecule has 2 heteroatoms. The average molecular weight is 440 g/mol. The first kappa shape index (κ1) is 20.5. The van der Waals surface area contributed by atoms with Gasteiger partial charge < -0.3 is 9.64 Å². The summed E-state index contributed by atoms with van der Waals surface area (Å²) in [6.45, 7) is 2.59. The molecule has 1 saturated heterocycles. The molecule has 33 heavy (non-hydrogen) atoms. The Balaban J connectivity index is 1.28.